The Balaban J connectivity index is 1.93. The van der Waals surface area contributed by atoms with Crippen molar-refractivity contribution in [2.24, 2.45) is 0 Å². The van der Waals surface area contributed by atoms with Gasteiger partial charge in [0.1, 0.15) is 0 Å². The molecular weight excluding hydrogens is 280 g/mol. The van der Waals surface area contributed by atoms with Crippen LogP contribution in [0.2, 0.25) is 0 Å². The van der Waals surface area contributed by atoms with Gasteiger partial charge in [-0.3, -0.25) is 0 Å². The van der Waals surface area contributed by atoms with Gasteiger partial charge in [0.15, 0.2) is 0 Å². The minimum atomic E-state index is -0.300. The molecule has 1 fully saturated rings. The Morgan fingerprint density at radius 3 is 2.00 bits per heavy atom. The van der Waals surface area contributed by atoms with Gasteiger partial charge >= 0.3 is 12.1 Å². The van der Waals surface area contributed by atoms with Crippen LogP contribution in [0.5, 0.6) is 0 Å². The number of imide groups is 1. The number of urea groups is 2. The summed E-state index contributed by atoms with van der Waals surface area (Å²) in [5, 5.41) is 0. The first kappa shape index (κ1) is 16.1. The van der Waals surface area contributed by atoms with E-state index in [2.05, 4.69) is 36.1 Å². The van der Waals surface area contributed by atoms with E-state index in [1.54, 1.807) is 19.0 Å². The molecule has 4 amide bonds. The van der Waals surface area contributed by atoms with E-state index in [4.69, 9.17) is 0 Å². The molecule has 1 heterocycles. The zero-order chi connectivity index (χ0) is 16.3. The zero-order valence-corrected chi connectivity index (χ0v) is 13.7. The summed E-state index contributed by atoms with van der Waals surface area (Å²) < 4.78 is 0. The van der Waals surface area contributed by atoms with Crippen molar-refractivity contribution in [3.8, 4) is 0 Å². The quantitative estimate of drug-likeness (QED) is 0.795. The van der Waals surface area contributed by atoms with E-state index in [9.17, 15) is 9.59 Å². The predicted molar refractivity (Wildman–Crippen MR) is 87.2 cm³/mol. The number of piperazine rings is 1. The van der Waals surface area contributed by atoms with Gasteiger partial charge in [0, 0.05) is 53.0 Å². The molecule has 120 valence electrons. The molecule has 0 N–H and O–H groups in total. The molecule has 0 atom stereocenters. The summed E-state index contributed by atoms with van der Waals surface area (Å²) in [6.45, 7) is 4.87. The molecule has 6 nitrogen and oxygen atoms in total. The molecule has 0 aromatic heterocycles. The van der Waals surface area contributed by atoms with Crippen molar-refractivity contribution in [3.05, 3.63) is 29.8 Å². The average molecular weight is 304 g/mol. The third-order valence-electron chi connectivity index (χ3n) is 3.91. The van der Waals surface area contributed by atoms with Crippen molar-refractivity contribution < 1.29 is 9.59 Å². The summed E-state index contributed by atoms with van der Waals surface area (Å²) in [4.78, 5) is 30.7. The minimum absolute atomic E-state index is 0.234. The number of anilines is 1. The second kappa shape index (κ2) is 6.68. The van der Waals surface area contributed by atoms with Crippen LogP contribution in [0.25, 0.3) is 0 Å². The smallest absolute Gasteiger partial charge is 0.328 e. The highest BCUT2D eigenvalue weighted by Crippen LogP contribution is 2.17. The Hall–Kier alpha value is -2.24. The Morgan fingerprint density at radius 2 is 1.50 bits per heavy atom. The second-order valence-corrected chi connectivity index (χ2v) is 5.83. The number of rotatable bonds is 1. The number of carbonyl (C=O) groups is 2. The number of hydrogen-bond donors (Lipinski definition) is 0. The van der Waals surface area contributed by atoms with E-state index in [1.807, 2.05) is 0 Å². The van der Waals surface area contributed by atoms with Crippen LogP contribution in [0.3, 0.4) is 0 Å². The summed E-state index contributed by atoms with van der Waals surface area (Å²) in [6.07, 6.45) is 0. The SMILES string of the molecule is Cc1ccc(N2CCN(C(=O)N(C)C(=O)N(C)C)CC2)cc1. The lowest BCUT2D eigenvalue weighted by molar-refractivity contribution is 0.149. The fraction of sp³-hybridized carbons (Fsp3) is 0.500. The maximum absolute atomic E-state index is 12.3. The maximum Gasteiger partial charge on any atom is 0.328 e. The molecule has 0 saturated carbocycles. The van der Waals surface area contributed by atoms with E-state index in [0.29, 0.717) is 13.1 Å². The van der Waals surface area contributed by atoms with E-state index in [1.165, 1.54) is 28.1 Å². The van der Waals surface area contributed by atoms with Gasteiger partial charge in [-0.15, -0.1) is 0 Å². The molecule has 0 unspecified atom stereocenters. The topological polar surface area (TPSA) is 47.1 Å². The fourth-order valence-corrected chi connectivity index (χ4v) is 2.51. The zero-order valence-electron chi connectivity index (χ0n) is 13.7. The molecule has 0 radical (unpaired) electrons. The van der Waals surface area contributed by atoms with Gasteiger partial charge in [-0.25, -0.2) is 14.5 Å². The monoisotopic (exact) mass is 304 g/mol. The lowest BCUT2D eigenvalue weighted by atomic mass is 10.2. The number of amides is 4. The molecular formula is C16H24N4O2. The van der Waals surface area contributed by atoms with E-state index >= 15 is 0 Å². The highest BCUT2D eigenvalue weighted by atomic mass is 16.2. The molecule has 6 heteroatoms. The normalized spacial score (nSPS) is 14.7. The Morgan fingerprint density at radius 1 is 0.955 bits per heavy atom. The lowest BCUT2D eigenvalue weighted by Crippen LogP contribution is -2.54. The largest absolute Gasteiger partial charge is 0.368 e. The number of hydrogen-bond acceptors (Lipinski definition) is 3. The molecule has 2 rings (SSSR count). The van der Waals surface area contributed by atoms with Crippen LogP contribution in [-0.2, 0) is 0 Å². The Kier molecular flexibility index (Phi) is 4.90. The van der Waals surface area contributed by atoms with Crippen LogP contribution in [0.4, 0.5) is 15.3 Å². The first-order chi connectivity index (χ1) is 10.4. The molecule has 1 aromatic rings. The van der Waals surface area contributed by atoms with Crippen molar-refractivity contribution in [3.63, 3.8) is 0 Å². The van der Waals surface area contributed by atoms with Gasteiger partial charge in [0.05, 0.1) is 0 Å². The van der Waals surface area contributed by atoms with Crippen molar-refractivity contribution in [1.29, 1.82) is 0 Å². The fourth-order valence-electron chi connectivity index (χ4n) is 2.51. The highest BCUT2D eigenvalue weighted by molar-refractivity contribution is 5.93. The number of nitrogens with zero attached hydrogens (tertiary/aromatic N) is 4. The summed E-state index contributed by atoms with van der Waals surface area (Å²) in [6, 6.07) is 7.86. The van der Waals surface area contributed by atoms with Crippen molar-refractivity contribution in [2.45, 2.75) is 6.92 Å². The number of benzene rings is 1. The van der Waals surface area contributed by atoms with Crippen LogP contribution in [0, 0.1) is 6.92 Å². The molecule has 1 aromatic carbocycles. The highest BCUT2D eigenvalue weighted by Gasteiger charge is 2.27. The number of aryl methyl sites for hydroxylation is 1. The molecule has 22 heavy (non-hydrogen) atoms. The Labute approximate surface area is 131 Å². The third-order valence-corrected chi connectivity index (χ3v) is 3.91. The Bertz CT molecular complexity index is 534. The number of carbonyl (C=O) groups excluding carboxylic acids is 2. The predicted octanol–water partition coefficient (Wildman–Crippen LogP) is 1.85. The summed E-state index contributed by atoms with van der Waals surface area (Å²) in [7, 11) is 4.81. The summed E-state index contributed by atoms with van der Waals surface area (Å²) in [5.74, 6) is 0. The van der Waals surface area contributed by atoms with Crippen molar-refractivity contribution in [2.75, 3.05) is 52.2 Å². The van der Waals surface area contributed by atoms with Crippen LogP contribution in [-0.4, -0.2) is 74.1 Å². The van der Waals surface area contributed by atoms with Crippen LogP contribution >= 0.6 is 0 Å². The molecule has 1 aliphatic heterocycles. The first-order valence-electron chi connectivity index (χ1n) is 7.45. The standard InChI is InChI=1S/C16H24N4O2/c1-13-5-7-14(8-6-13)19-9-11-20(12-10-19)16(22)18(4)15(21)17(2)3/h5-8H,9-12H2,1-4H3. The third kappa shape index (κ3) is 3.50. The van der Waals surface area contributed by atoms with Gasteiger partial charge in [0.25, 0.3) is 0 Å². The average Bonchev–Trinajstić information content (AvgIpc) is 2.53. The molecule has 0 spiro atoms. The van der Waals surface area contributed by atoms with Gasteiger partial charge in [0.2, 0.25) is 0 Å². The van der Waals surface area contributed by atoms with Crippen molar-refractivity contribution in [1.82, 2.24) is 14.7 Å². The maximum atomic E-state index is 12.3. The minimum Gasteiger partial charge on any atom is -0.368 e. The van der Waals surface area contributed by atoms with Crippen molar-refractivity contribution >= 4 is 17.7 Å². The molecule has 1 aliphatic rings. The van der Waals surface area contributed by atoms with Crippen LogP contribution in [0.1, 0.15) is 5.56 Å². The van der Waals surface area contributed by atoms with Gasteiger partial charge in [-0.1, -0.05) is 17.7 Å². The summed E-state index contributed by atoms with van der Waals surface area (Å²) in [5.41, 5.74) is 2.41. The molecule has 0 bridgehead atoms. The van der Waals surface area contributed by atoms with Crippen LogP contribution < -0.4 is 4.90 Å². The lowest BCUT2D eigenvalue weighted by Gasteiger charge is -2.37. The van der Waals surface area contributed by atoms with Gasteiger partial charge in [-0.2, -0.15) is 0 Å². The second-order valence-electron chi connectivity index (χ2n) is 5.83. The van der Waals surface area contributed by atoms with Gasteiger partial charge < -0.3 is 14.7 Å². The van der Waals surface area contributed by atoms with Gasteiger partial charge in [-0.05, 0) is 19.1 Å². The molecule has 0 aliphatic carbocycles. The van der Waals surface area contributed by atoms with E-state index in [0.717, 1.165) is 13.1 Å². The van der Waals surface area contributed by atoms with E-state index in [-0.39, 0.29) is 12.1 Å². The van der Waals surface area contributed by atoms with Crippen LogP contribution in [0.15, 0.2) is 24.3 Å². The van der Waals surface area contributed by atoms with E-state index < -0.39 is 0 Å². The molecule has 1 saturated heterocycles. The first-order valence-corrected chi connectivity index (χ1v) is 7.45. The summed E-state index contributed by atoms with van der Waals surface area (Å²) >= 11 is 0.